The van der Waals surface area contributed by atoms with Gasteiger partial charge in [-0.3, -0.25) is 0 Å². The summed E-state index contributed by atoms with van der Waals surface area (Å²) < 4.78 is 0. The van der Waals surface area contributed by atoms with E-state index in [0.717, 1.165) is 17.4 Å². The van der Waals surface area contributed by atoms with Gasteiger partial charge in [0, 0.05) is 18.3 Å². The van der Waals surface area contributed by atoms with Crippen LogP contribution in [0.1, 0.15) is 23.5 Å². The highest BCUT2D eigenvalue weighted by Gasteiger charge is 2.19. The second-order valence-electron chi connectivity index (χ2n) is 4.84. The number of rotatable bonds is 4. The Morgan fingerprint density at radius 3 is 2.75 bits per heavy atom. The fourth-order valence-corrected chi connectivity index (χ4v) is 2.69. The van der Waals surface area contributed by atoms with Crippen LogP contribution in [0.25, 0.3) is 11.0 Å². The van der Waals surface area contributed by atoms with Gasteiger partial charge < -0.3 is 15.8 Å². The molecule has 0 bridgehead atoms. The van der Waals surface area contributed by atoms with Crippen LogP contribution in [0.2, 0.25) is 0 Å². The van der Waals surface area contributed by atoms with Gasteiger partial charge in [-0.15, -0.1) is 0 Å². The van der Waals surface area contributed by atoms with Crippen molar-refractivity contribution in [3.63, 3.8) is 0 Å². The molecule has 3 rings (SSSR count). The lowest BCUT2D eigenvalue weighted by molar-refractivity contribution is 0.480. The number of aromatic nitrogens is 2. The van der Waals surface area contributed by atoms with Crippen LogP contribution in [0.4, 0.5) is 0 Å². The Morgan fingerprint density at radius 1 is 1.20 bits per heavy atom. The normalized spacial score (nSPS) is 12.7. The van der Waals surface area contributed by atoms with Crippen molar-refractivity contribution in [1.82, 2.24) is 9.97 Å². The Balaban J connectivity index is 2.15. The van der Waals surface area contributed by atoms with Gasteiger partial charge in [-0.2, -0.15) is 0 Å². The first-order valence-electron chi connectivity index (χ1n) is 6.71. The summed E-state index contributed by atoms with van der Waals surface area (Å²) in [5.41, 5.74) is 8.71. The monoisotopic (exact) mass is 267 g/mol. The molecule has 0 radical (unpaired) electrons. The lowest BCUT2D eigenvalue weighted by Crippen LogP contribution is -2.08. The number of nitrogens with zero attached hydrogens (tertiary/aromatic N) is 1. The van der Waals surface area contributed by atoms with Gasteiger partial charge in [0.2, 0.25) is 0 Å². The smallest absolute Gasteiger partial charge is 0.141 e. The number of aromatic amines is 1. The van der Waals surface area contributed by atoms with Gasteiger partial charge in [0.15, 0.2) is 0 Å². The largest absolute Gasteiger partial charge is 0.507 e. The molecule has 102 valence electrons. The summed E-state index contributed by atoms with van der Waals surface area (Å²) in [6.45, 7) is 0.591. The Kier molecular flexibility index (Phi) is 3.39. The van der Waals surface area contributed by atoms with Crippen molar-refractivity contribution in [3.8, 4) is 5.75 Å². The van der Waals surface area contributed by atoms with Crippen molar-refractivity contribution >= 4 is 11.0 Å². The van der Waals surface area contributed by atoms with Crippen LogP contribution < -0.4 is 5.73 Å². The Labute approximate surface area is 117 Å². The lowest BCUT2D eigenvalue weighted by Gasteiger charge is -2.16. The molecular weight excluding hydrogens is 250 g/mol. The summed E-state index contributed by atoms with van der Waals surface area (Å²) in [5, 5.41) is 10.9. The van der Waals surface area contributed by atoms with Crippen molar-refractivity contribution in [3.05, 3.63) is 59.9 Å². The van der Waals surface area contributed by atoms with Crippen LogP contribution in [-0.4, -0.2) is 21.6 Å². The highest BCUT2D eigenvalue weighted by molar-refractivity contribution is 5.86. The molecule has 0 saturated heterocycles. The quantitative estimate of drug-likeness (QED) is 0.680. The number of hydrogen-bond acceptors (Lipinski definition) is 3. The molecule has 0 aliphatic rings. The summed E-state index contributed by atoms with van der Waals surface area (Å²) >= 11 is 0. The van der Waals surface area contributed by atoms with Gasteiger partial charge in [0.05, 0.1) is 5.39 Å². The van der Waals surface area contributed by atoms with Crippen LogP contribution in [0, 0.1) is 0 Å². The third kappa shape index (κ3) is 2.14. The minimum absolute atomic E-state index is 0.157. The first kappa shape index (κ1) is 12.7. The van der Waals surface area contributed by atoms with Crippen molar-refractivity contribution in [1.29, 1.82) is 0 Å². The van der Waals surface area contributed by atoms with E-state index >= 15 is 0 Å². The Morgan fingerprint density at radius 2 is 2.00 bits per heavy atom. The second kappa shape index (κ2) is 5.35. The standard InChI is InChI=1S/C16H17N3O/c17-8-6-12(11-4-2-1-3-5-11)13-10-19-16-15(13)14(20)7-9-18-16/h1-5,7,9-10,12H,6,8,17H2,(H2,18,19,20). The molecule has 0 aliphatic heterocycles. The number of nitrogens with one attached hydrogen (secondary N) is 1. The average Bonchev–Trinajstić information content (AvgIpc) is 2.91. The van der Waals surface area contributed by atoms with Crippen molar-refractivity contribution in [2.45, 2.75) is 12.3 Å². The number of pyridine rings is 1. The first-order chi connectivity index (χ1) is 9.81. The van der Waals surface area contributed by atoms with E-state index in [0.29, 0.717) is 12.2 Å². The molecule has 0 aliphatic carbocycles. The molecule has 2 aromatic heterocycles. The predicted molar refractivity (Wildman–Crippen MR) is 79.7 cm³/mol. The molecule has 4 nitrogen and oxygen atoms in total. The average molecular weight is 267 g/mol. The number of aromatic hydroxyl groups is 1. The summed E-state index contributed by atoms with van der Waals surface area (Å²) in [6.07, 6.45) is 4.34. The molecular formula is C16H17N3O. The maximum absolute atomic E-state index is 10.1. The molecule has 1 atom stereocenters. The van der Waals surface area contributed by atoms with Crippen LogP contribution in [0.3, 0.4) is 0 Å². The minimum atomic E-state index is 0.157. The molecule has 20 heavy (non-hydrogen) atoms. The molecule has 1 unspecified atom stereocenters. The third-order valence-corrected chi connectivity index (χ3v) is 3.61. The molecule has 0 amide bonds. The van der Waals surface area contributed by atoms with Gasteiger partial charge in [-0.05, 0) is 30.2 Å². The fraction of sp³-hybridized carbons (Fsp3) is 0.188. The molecule has 3 aromatic rings. The first-order valence-corrected chi connectivity index (χ1v) is 6.71. The molecule has 1 aromatic carbocycles. The number of hydrogen-bond donors (Lipinski definition) is 3. The van der Waals surface area contributed by atoms with Gasteiger partial charge in [-0.25, -0.2) is 4.98 Å². The number of nitrogens with two attached hydrogens (primary N) is 1. The maximum Gasteiger partial charge on any atom is 0.141 e. The van der Waals surface area contributed by atoms with E-state index in [2.05, 4.69) is 22.1 Å². The molecule has 0 fully saturated rings. The zero-order valence-electron chi connectivity index (χ0n) is 11.1. The number of benzene rings is 1. The number of H-pyrrole nitrogens is 1. The van der Waals surface area contributed by atoms with Crippen molar-refractivity contribution < 1.29 is 5.11 Å². The summed E-state index contributed by atoms with van der Waals surface area (Å²) in [7, 11) is 0. The van der Waals surface area contributed by atoms with Crippen LogP contribution in [0.5, 0.6) is 5.75 Å². The molecule has 4 N–H and O–H groups in total. The van der Waals surface area contributed by atoms with Gasteiger partial charge in [-0.1, -0.05) is 30.3 Å². The topological polar surface area (TPSA) is 74.9 Å². The Hall–Kier alpha value is -2.33. The predicted octanol–water partition coefficient (Wildman–Crippen LogP) is 2.75. The highest BCUT2D eigenvalue weighted by Crippen LogP contribution is 2.36. The zero-order valence-corrected chi connectivity index (χ0v) is 11.1. The lowest BCUT2D eigenvalue weighted by atomic mass is 9.88. The van der Waals surface area contributed by atoms with Gasteiger partial charge in [0.25, 0.3) is 0 Å². The van der Waals surface area contributed by atoms with Crippen LogP contribution in [-0.2, 0) is 0 Å². The molecule has 4 heteroatoms. The van der Waals surface area contributed by atoms with E-state index in [1.165, 1.54) is 5.56 Å². The van der Waals surface area contributed by atoms with E-state index in [1.54, 1.807) is 12.3 Å². The molecule has 2 heterocycles. The van der Waals surface area contributed by atoms with Gasteiger partial charge in [0.1, 0.15) is 11.4 Å². The second-order valence-corrected chi connectivity index (χ2v) is 4.84. The van der Waals surface area contributed by atoms with E-state index in [1.807, 2.05) is 24.4 Å². The van der Waals surface area contributed by atoms with Crippen molar-refractivity contribution in [2.75, 3.05) is 6.54 Å². The molecule has 0 spiro atoms. The fourth-order valence-electron chi connectivity index (χ4n) is 2.69. The van der Waals surface area contributed by atoms with E-state index < -0.39 is 0 Å². The van der Waals surface area contributed by atoms with Gasteiger partial charge >= 0.3 is 0 Å². The zero-order chi connectivity index (χ0) is 13.9. The molecule has 0 saturated carbocycles. The third-order valence-electron chi connectivity index (χ3n) is 3.61. The Bertz CT molecular complexity index is 706. The summed E-state index contributed by atoms with van der Waals surface area (Å²) in [4.78, 5) is 7.38. The van der Waals surface area contributed by atoms with Crippen LogP contribution in [0.15, 0.2) is 48.8 Å². The minimum Gasteiger partial charge on any atom is -0.507 e. The van der Waals surface area contributed by atoms with E-state index in [4.69, 9.17) is 5.73 Å². The maximum atomic E-state index is 10.1. The summed E-state index contributed by atoms with van der Waals surface area (Å²) in [5.74, 6) is 0.411. The number of fused-ring (bicyclic) bond motifs is 1. The van der Waals surface area contributed by atoms with Crippen molar-refractivity contribution in [2.24, 2.45) is 5.73 Å². The highest BCUT2D eigenvalue weighted by atomic mass is 16.3. The SMILES string of the molecule is NCCC(c1ccccc1)c1c[nH]c2nccc(O)c12. The van der Waals surface area contributed by atoms with Crippen LogP contribution >= 0.6 is 0 Å². The van der Waals surface area contributed by atoms with E-state index in [9.17, 15) is 5.11 Å². The summed E-state index contributed by atoms with van der Waals surface area (Å²) in [6, 6.07) is 11.8. The van der Waals surface area contributed by atoms with E-state index in [-0.39, 0.29) is 11.7 Å².